The number of nitrogens with two attached hydrogens (primary N) is 1. The number of rotatable bonds is 6. The molecule has 0 saturated heterocycles. The van der Waals surface area contributed by atoms with E-state index in [9.17, 15) is 4.79 Å². The Morgan fingerprint density at radius 3 is 2.53 bits per heavy atom. The lowest BCUT2D eigenvalue weighted by Gasteiger charge is -2.05. The molecule has 1 aromatic rings. The third-order valence-corrected chi connectivity index (χ3v) is 3.00. The van der Waals surface area contributed by atoms with E-state index in [0.29, 0.717) is 19.5 Å². The van der Waals surface area contributed by atoms with Crippen LogP contribution in [0.3, 0.4) is 0 Å². The molecule has 0 atom stereocenters. The van der Waals surface area contributed by atoms with Crippen LogP contribution in [-0.2, 0) is 11.3 Å². The smallest absolute Gasteiger partial charge is 0.220 e. The van der Waals surface area contributed by atoms with Gasteiger partial charge in [-0.3, -0.25) is 4.79 Å². The fourth-order valence-electron chi connectivity index (χ4n) is 1.30. The number of carbonyl (C=O) groups is 1. The second-order valence-corrected chi connectivity index (χ2v) is 4.40. The SMILES string of the molecule is CSc1ccc(CNC(=O)CCCN)cc1.Cl. The predicted molar refractivity (Wildman–Crippen MR) is 75.6 cm³/mol. The van der Waals surface area contributed by atoms with Gasteiger partial charge in [0.15, 0.2) is 0 Å². The average molecular weight is 275 g/mol. The van der Waals surface area contributed by atoms with E-state index in [1.54, 1.807) is 11.8 Å². The zero-order valence-electron chi connectivity index (χ0n) is 9.94. The third kappa shape index (κ3) is 6.56. The Balaban J connectivity index is 0.00000256. The van der Waals surface area contributed by atoms with Gasteiger partial charge in [-0.1, -0.05) is 12.1 Å². The van der Waals surface area contributed by atoms with Crippen molar-refractivity contribution in [1.82, 2.24) is 5.32 Å². The van der Waals surface area contributed by atoms with Crippen LogP contribution in [0.4, 0.5) is 0 Å². The zero-order chi connectivity index (χ0) is 11.8. The summed E-state index contributed by atoms with van der Waals surface area (Å²) < 4.78 is 0. The summed E-state index contributed by atoms with van der Waals surface area (Å²) in [6, 6.07) is 8.20. The molecule has 3 nitrogen and oxygen atoms in total. The molecular formula is C12H19ClN2OS. The molecule has 0 radical (unpaired) electrons. The normalized spacial score (nSPS) is 9.53. The third-order valence-electron chi connectivity index (χ3n) is 2.26. The molecule has 0 aliphatic rings. The number of thioether (sulfide) groups is 1. The molecule has 1 aromatic carbocycles. The Morgan fingerprint density at radius 2 is 2.00 bits per heavy atom. The van der Waals surface area contributed by atoms with Crippen LogP contribution >= 0.6 is 24.2 Å². The van der Waals surface area contributed by atoms with Crippen molar-refractivity contribution >= 4 is 30.1 Å². The van der Waals surface area contributed by atoms with E-state index in [0.717, 1.165) is 12.0 Å². The number of carbonyl (C=O) groups excluding carboxylic acids is 1. The highest BCUT2D eigenvalue weighted by Gasteiger charge is 2.00. The van der Waals surface area contributed by atoms with Crippen LogP contribution in [0.1, 0.15) is 18.4 Å². The first kappa shape index (κ1) is 16.3. The molecule has 96 valence electrons. The van der Waals surface area contributed by atoms with Gasteiger partial charge in [-0.25, -0.2) is 0 Å². The molecule has 0 aliphatic heterocycles. The first-order valence-corrected chi connectivity index (χ1v) is 6.58. The van der Waals surface area contributed by atoms with Crippen molar-refractivity contribution in [3.63, 3.8) is 0 Å². The standard InChI is InChI=1S/C12H18N2OS.ClH/c1-16-11-6-4-10(5-7-11)9-14-12(15)3-2-8-13;/h4-7H,2-3,8-9,13H2,1H3,(H,14,15);1H. The maximum Gasteiger partial charge on any atom is 0.220 e. The molecule has 3 N–H and O–H groups in total. The second kappa shape index (κ2) is 9.33. The van der Waals surface area contributed by atoms with Crippen molar-refractivity contribution in [2.24, 2.45) is 5.73 Å². The topological polar surface area (TPSA) is 55.1 Å². The summed E-state index contributed by atoms with van der Waals surface area (Å²) in [7, 11) is 0. The maximum atomic E-state index is 11.3. The van der Waals surface area contributed by atoms with Crippen molar-refractivity contribution in [2.75, 3.05) is 12.8 Å². The zero-order valence-corrected chi connectivity index (χ0v) is 11.6. The molecule has 0 bridgehead atoms. The number of halogens is 1. The van der Waals surface area contributed by atoms with Gasteiger partial charge in [0.1, 0.15) is 0 Å². The van der Waals surface area contributed by atoms with Crippen molar-refractivity contribution < 1.29 is 4.79 Å². The maximum absolute atomic E-state index is 11.3. The molecule has 1 rings (SSSR count). The minimum atomic E-state index is 0. The fourth-order valence-corrected chi connectivity index (χ4v) is 1.70. The van der Waals surface area contributed by atoms with Crippen LogP contribution in [0.2, 0.25) is 0 Å². The molecule has 0 saturated carbocycles. The lowest BCUT2D eigenvalue weighted by molar-refractivity contribution is -0.121. The molecular weight excluding hydrogens is 256 g/mol. The Hall–Kier alpha value is -0.710. The summed E-state index contributed by atoms with van der Waals surface area (Å²) in [5, 5.41) is 2.87. The molecule has 0 heterocycles. The van der Waals surface area contributed by atoms with E-state index in [1.807, 2.05) is 18.4 Å². The van der Waals surface area contributed by atoms with Crippen molar-refractivity contribution in [2.45, 2.75) is 24.3 Å². The molecule has 17 heavy (non-hydrogen) atoms. The molecule has 5 heteroatoms. The Morgan fingerprint density at radius 1 is 1.35 bits per heavy atom. The summed E-state index contributed by atoms with van der Waals surface area (Å²) >= 11 is 1.71. The van der Waals surface area contributed by atoms with E-state index in [2.05, 4.69) is 17.4 Å². The van der Waals surface area contributed by atoms with Crippen molar-refractivity contribution in [3.8, 4) is 0 Å². The Bertz CT molecular complexity index is 330. The summed E-state index contributed by atoms with van der Waals surface area (Å²) in [6.07, 6.45) is 3.31. The van der Waals surface area contributed by atoms with Crippen molar-refractivity contribution in [1.29, 1.82) is 0 Å². The molecule has 1 amide bonds. The minimum absolute atomic E-state index is 0. The van der Waals surface area contributed by atoms with Crippen LogP contribution < -0.4 is 11.1 Å². The van der Waals surface area contributed by atoms with Crippen LogP contribution in [0.15, 0.2) is 29.2 Å². The fraction of sp³-hybridized carbons (Fsp3) is 0.417. The lowest BCUT2D eigenvalue weighted by atomic mass is 10.2. The molecule has 0 unspecified atom stereocenters. The van der Waals surface area contributed by atoms with Gasteiger partial charge in [0.25, 0.3) is 0 Å². The van der Waals surface area contributed by atoms with Gasteiger partial charge < -0.3 is 11.1 Å². The summed E-state index contributed by atoms with van der Waals surface area (Å²) in [5.74, 6) is 0.0689. The number of benzene rings is 1. The number of amides is 1. The molecule has 0 aromatic heterocycles. The number of hydrogen-bond donors (Lipinski definition) is 2. The minimum Gasteiger partial charge on any atom is -0.352 e. The van der Waals surface area contributed by atoms with Gasteiger partial charge in [0.2, 0.25) is 5.91 Å². The second-order valence-electron chi connectivity index (χ2n) is 3.52. The lowest BCUT2D eigenvalue weighted by Crippen LogP contribution is -2.23. The van der Waals surface area contributed by atoms with E-state index < -0.39 is 0 Å². The monoisotopic (exact) mass is 274 g/mol. The summed E-state index contributed by atoms with van der Waals surface area (Å²) in [6.45, 7) is 1.16. The largest absolute Gasteiger partial charge is 0.352 e. The highest BCUT2D eigenvalue weighted by Crippen LogP contribution is 2.14. The first-order chi connectivity index (χ1) is 7.76. The highest BCUT2D eigenvalue weighted by molar-refractivity contribution is 7.98. The molecule has 0 fully saturated rings. The van der Waals surface area contributed by atoms with Gasteiger partial charge in [-0.2, -0.15) is 0 Å². The Kier molecular flexibility index (Phi) is 8.94. The molecule has 0 aliphatic carbocycles. The average Bonchev–Trinajstić information content (AvgIpc) is 2.34. The number of hydrogen-bond acceptors (Lipinski definition) is 3. The van der Waals surface area contributed by atoms with E-state index >= 15 is 0 Å². The summed E-state index contributed by atoms with van der Waals surface area (Å²) in [4.78, 5) is 12.6. The van der Waals surface area contributed by atoms with Gasteiger partial charge in [-0.15, -0.1) is 24.2 Å². The quantitative estimate of drug-likeness (QED) is 0.782. The van der Waals surface area contributed by atoms with Gasteiger partial charge in [0, 0.05) is 17.9 Å². The van der Waals surface area contributed by atoms with Crippen LogP contribution in [-0.4, -0.2) is 18.7 Å². The molecule has 0 spiro atoms. The van der Waals surface area contributed by atoms with E-state index in [4.69, 9.17) is 5.73 Å². The van der Waals surface area contributed by atoms with E-state index in [-0.39, 0.29) is 18.3 Å². The van der Waals surface area contributed by atoms with Crippen LogP contribution in [0, 0.1) is 0 Å². The van der Waals surface area contributed by atoms with Crippen molar-refractivity contribution in [3.05, 3.63) is 29.8 Å². The van der Waals surface area contributed by atoms with Crippen LogP contribution in [0.25, 0.3) is 0 Å². The highest BCUT2D eigenvalue weighted by atomic mass is 35.5. The van der Waals surface area contributed by atoms with E-state index in [1.165, 1.54) is 4.90 Å². The van der Waals surface area contributed by atoms with Crippen LogP contribution in [0.5, 0.6) is 0 Å². The first-order valence-electron chi connectivity index (χ1n) is 5.36. The summed E-state index contributed by atoms with van der Waals surface area (Å²) in [5.41, 5.74) is 6.46. The Labute approximate surface area is 113 Å². The van der Waals surface area contributed by atoms with Gasteiger partial charge in [-0.05, 0) is 36.9 Å². The van der Waals surface area contributed by atoms with Gasteiger partial charge in [0.05, 0.1) is 0 Å². The predicted octanol–water partition coefficient (Wildman–Crippen LogP) is 2.19. The van der Waals surface area contributed by atoms with Gasteiger partial charge >= 0.3 is 0 Å². The number of nitrogens with one attached hydrogen (secondary N) is 1.